The Morgan fingerprint density at radius 3 is 2.00 bits per heavy atom. The van der Waals surface area contributed by atoms with Crippen molar-refractivity contribution in [1.82, 2.24) is 0 Å². The maximum atomic E-state index is 11.1. The molecule has 0 atom stereocenters. The van der Waals surface area contributed by atoms with Crippen LogP contribution in [0.5, 0.6) is 0 Å². The summed E-state index contributed by atoms with van der Waals surface area (Å²) in [5.41, 5.74) is 1.06. The number of rotatable bonds is 5. The summed E-state index contributed by atoms with van der Waals surface area (Å²) < 4.78 is 9.99. The minimum atomic E-state index is -1.63. The number of nitrogens with one attached hydrogen (secondary N) is 2. The van der Waals surface area contributed by atoms with Crippen LogP contribution in [0.4, 0.5) is 11.4 Å². The van der Waals surface area contributed by atoms with Gasteiger partial charge in [-0.25, -0.2) is 0 Å². The summed E-state index contributed by atoms with van der Waals surface area (Å²) in [7, 11) is 0. The highest BCUT2D eigenvalue weighted by Crippen LogP contribution is 2.21. The van der Waals surface area contributed by atoms with E-state index >= 15 is 0 Å². The predicted molar refractivity (Wildman–Crippen MR) is 76.3 cm³/mol. The predicted octanol–water partition coefficient (Wildman–Crippen LogP) is 1.86. The van der Waals surface area contributed by atoms with Crippen LogP contribution in [0.3, 0.4) is 0 Å². The lowest BCUT2D eigenvalue weighted by atomic mass is 10.2. The van der Waals surface area contributed by atoms with Gasteiger partial charge < -0.3 is 20.1 Å². The Morgan fingerprint density at radius 1 is 1.00 bits per heavy atom. The normalized spacial score (nSPS) is 10.5. The summed E-state index contributed by atoms with van der Waals surface area (Å²) in [6.07, 6.45) is 0. The highest BCUT2D eigenvalue weighted by Gasteiger charge is 2.31. The van der Waals surface area contributed by atoms with Crippen molar-refractivity contribution in [2.24, 2.45) is 0 Å². The van der Waals surface area contributed by atoms with E-state index in [-0.39, 0.29) is 5.91 Å². The van der Waals surface area contributed by atoms with E-state index in [9.17, 15) is 14.4 Å². The molecule has 1 rings (SSSR count). The molecule has 1 aromatic rings. The van der Waals surface area contributed by atoms with Gasteiger partial charge in [0.1, 0.15) is 0 Å². The van der Waals surface area contributed by atoms with E-state index in [0.717, 1.165) is 0 Å². The Morgan fingerprint density at radius 2 is 1.52 bits per heavy atom. The number of anilines is 2. The molecule has 114 valence electrons. The van der Waals surface area contributed by atoms with Gasteiger partial charge >= 0.3 is 17.8 Å². The number of hydrogen-bond acceptors (Lipinski definition) is 6. The van der Waals surface area contributed by atoms with Crippen LogP contribution in [-0.4, -0.2) is 23.8 Å². The first kappa shape index (κ1) is 16.5. The van der Waals surface area contributed by atoms with Crippen LogP contribution < -0.4 is 10.6 Å². The SMILES string of the molecule is CC(=O)Nc1cccc(NC(C)(OC(C)=O)OC(C)=O)c1. The van der Waals surface area contributed by atoms with Crippen molar-refractivity contribution >= 4 is 29.2 Å². The Balaban J connectivity index is 2.94. The minimum absolute atomic E-state index is 0.213. The van der Waals surface area contributed by atoms with E-state index < -0.39 is 17.8 Å². The van der Waals surface area contributed by atoms with Crippen molar-refractivity contribution in [3.63, 3.8) is 0 Å². The van der Waals surface area contributed by atoms with Crippen LogP contribution in [-0.2, 0) is 23.9 Å². The molecule has 0 aliphatic carbocycles. The standard InChI is InChI=1S/C14H18N2O5/c1-9(17)15-12-6-5-7-13(8-12)16-14(4,20-10(2)18)21-11(3)19/h5-8,16H,1-4H3,(H,15,17). The third-order valence-electron chi connectivity index (χ3n) is 2.23. The molecule has 0 aliphatic rings. The second-order valence-corrected chi connectivity index (χ2v) is 4.52. The topological polar surface area (TPSA) is 93.7 Å². The van der Waals surface area contributed by atoms with Gasteiger partial charge in [0.05, 0.1) is 0 Å². The molecule has 0 spiro atoms. The molecule has 0 aliphatic heterocycles. The molecule has 0 heterocycles. The van der Waals surface area contributed by atoms with Gasteiger partial charge in [0.25, 0.3) is 0 Å². The fraction of sp³-hybridized carbons (Fsp3) is 0.357. The van der Waals surface area contributed by atoms with Gasteiger partial charge in [-0.3, -0.25) is 14.4 Å². The zero-order chi connectivity index (χ0) is 16.0. The third-order valence-corrected chi connectivity index (χ3v) is 2.23. The summed E-state index contributed by atoms with van der Waals surface area (Å²) in [6.45, 7) is 5.21. The molecule has 1 aromatic carbocycles. The van der Waals surface area contributed by atoms with Crippen LogP contribution in [0.2, 0.25) is 0 Å². The van der Waals surface area contributed by atoms with Gasteiger partial charge in [0.15, 0.2) is 0 Å². The molecule has 0 unspecified atom stereocenters. The van der Waals surface area contributed by atoms with Crippen molar-refractivity contribution in [2.75, 3.05) is 10.6 Å². The highest BCUT2D eigenvalue weighted by molar-refractivity contribution is 5.89. The molecule has 7 heteroatoms. The molecule has 2 N–H and O–H groups in total. The Labute approximate surface area is 122 Å². The molecule has 21 heavy (non-hydrogen) atoms. The van der Waals surface area contributed by atoms with E-state index in [0.29, 0.717) is 11.4 Å². The largest absolute Gasteiger partial charge is 0.404 e. The average Bonchev–Trinajstić information content (AvgIpc) is 2.24. The fourth-order valence-electron chi connectivity index (χ4n) is 1.76. The number of benzene rings is 1. The molecule has 0 saturated carbocycles. The molecule has 7 nitrogen and oxygen atoms in total. The summed E-state index contributed by atoms with van der Waals surface area (Å²) >= 11 is 0. The molecular weight excluding hydrogens is 276 g/mol. The molecular formula is C14H18N2O5. The van der Waals surface area contributed by atoms with Gasteiger partial charge in [-0.15, -0.1) is 0 Å². The Hall–Kier alpha value is -2.57. The second-order valence-electron chi connectivity index (χ2n) is 4.52. The van der Waals surface area contributed by atoms with Crippen LogP contribution >= 0.6 is 0 Å². The van der Waals surface area contributed by atoms with E-state index in [1.807, 2.05) is 0 Å². The smallest absolute Gasteiger partial charge is 0.337 e. The fourth-order valence-corrected chi connectivity index (χ4v) is 1.76. The number of amides is 1. The number of carbonyl (C=O) groups is 3. The lowest BCUT2D eigenvalue weighted by molar-refractivity contribution is -0.209. The van der Waals surface area contributed by atoms with Gasteiger partial charge in [-0.1, -0.05) is 6.07 Å². The van der Waals surface area contributed by atoms with Crippen molar-refractivity contribution in [2.45, 2.75) is 33.6 Å². The van der Waals surface area contributed by atoms with E-state index in [4.69, 9.17) is 9.47 Å². The average molecular weight is 294 g/mol. The van der Waals surface area contributed by atoms with Gasteiger partial charge in [0.2, 0.25) is 5.91 Å². The summed E-state index contributed by atoms with van der Waals surface area (Å²) in [4.78, 5) is 33.3. The molecule has 1 amide bonds. The maximum Gasteiger partial charge on any atom is 0.337 e. The number of esters is 2. The zero-order valence-electron chi connectivity index (χ0n) is 12.4. The summed E-state index contributed by atoms with van der Waals surface area (Å²) in [6, 6.07) is 6.68. The van der Waals surface area contributed by atoms with E-state index in [2.05, 4.69) is 10.6 Å². The molecule has 0 fully saturated rings. The zero-order valence-corrected chi connectivity index (χ0v) is 12.4. The van der Waals surface area contributed by atoms with Gasteiger partial charge in [-0.2, -0.15) is 0 Å². The first-order valence-electron chi connectivity index (χ1n) is 6.25. The Bertz CT molecular complexity index is 540. The monoisotopic (exact) mass is 294 g/mol. The maximum absolute atomic E-state index is 11.1. The molecule has 0 aromatic heterocycles. The van der Waals surface area contributed by atoms with Crippen LogP contribution in [0.25, 0.3) is 0 Å². The molecule has 0 radical (unpaired) electrons. The number of ether oxygens (including phenoxy) is 2. The summed E-state index contributed by atoms with van der Waals surface area (Å²) in [5.74, 6) is -3.06. The highest BCUT2D eigenvalue weighted by atomic mass is 16.7. The van der Waals surface area contributed by atoms with Crippen molar-refractivity contribution in [1.29, 1.82) is 0 Å². The van der Waals surface area contributed by atoms with Gasteiger partial charge in [0, 0.05) is 39.1 Å². The first-order chi connectivity index (χ1) is 9.70. The third kappa shape index (κ3) is 5.94. The van der Waals surface area contributed by atoms with Crippen LogP contribution in [0.15, 0.2) is 24.3 Å². The lowest BCUT2D eigenvalue weighted by Crippen LogP contribution is -2.43. The second kappa shape index (κ2) is 6.74. The van der Waals surface area contributed by atoms with Gasteiger partial charge in [-0.05, 0) is 18.2 Å². The minimum Gasteiger partial charge on any atom is -0.404 e. The molecule has 0 bridgehead atoms. The van der Waals surface area contributed by atoms with E-state index in [1.165, 1.54) is 27.7 Å². The Kier molecular flexibility index (Phi) is 5.29. The van der Waals surface area contributed by atoms with Crippen LogP contribution in [0.1, 0.15) is 27.7 Å². The van der Waals surface area contributed by atoms with Crippen molar-refractivity contribution in [3.05, 3.63) is 24.3 Å². The van der Waals surface area contributed by atoms with Crippen LogP contribution in [0, 0.1) is 0 Å². The lowest BCUT2D eigenvalue weighted by Gasteiger charge is -2.29. The first-order valence-corrected chi connectivity index (χ1v) is 6.25. The quantitative estimate of drug-likeness (QED) is 0.636. The van der Waals surface area contributed by atoms with E-state index in [1.54, 1.807) is 24.3 Å². The number of carbonyl (C=O) groups excluding carboxylic acids is 3. The van der Waals surface area contributed by atoms with Crippen molar-refractivity contribution in [3.8, 4) is 0 Å². The molecule has 0 saturated heterocycles. The van der Waals surface area contributed by atoms with Crippen molar-refractivity contribution < 1.29 is 23.9 Å². The summed E-state index contributed by atoms with van der Waals surface area (Å²) in [5, 5.41) is 5.41. The number of hydrogen-bond donors (Lipinski definition) is 2.